The standard InChI is InChI=1S/C22H21F2N5O5S/c1-2-34-22(31)29-19-7-8-28(35(32,33)15-10-13(23)9-14(24)11-15)12-17(19)20(27-29)26-21(30)16-5-3-4-6-18(16)25/h3-6,9-11H,2,7-8,12,25H2,1H3,(H,26,27,30). The fourth-order valence-electron chi connectivity index (χ4n) is 3.74. The van der Waals surface area contributed by atoms with Crippen LogP contribution in [0.5, 0.6) is 0 Å². The Morgan fingerprint density at radius 1 is 1.17 bits per heavy atom. The number of benzene rings is 2. The zero-order chi connectivity index (χ0) is 25.3. The van der Waals surface area contributed by atoms with Gasteiger partial charge in [0.25, 0.3) is 5.91 Å². The smallest absolute Gasteiger partial charge is 0.434 e. The minimum Gasteiger partial charge on any atom is -0.448 e. The number of aromatic nitrogens is 2. The van der Waals surface area contributed by atoms with E-state index >= 15 is 0 Å². The summed E-state index contributed by atoms with van der Waals surface area (Å²) in [7, 11) is -4.31. The summed E-state index contributed by atoms with van der Waals surface area (Å²) in [4.78, 5) is 24.7. The van der Waals surface area contributed by atoms with E-state index in [4.69, 9.17) is 10.5 Å². The van der Waals surface area contributed by atoms with Gasteiger partial charge < -0.3 is 15.8 Å². The van der Waals surface area contributed by atoms with E-state index in [1.165, 1.54) is 12.1 Å². The molecule has 2 heterocycles. The normalized spacial score (nSPS) is 13.8. The van der Waals surface area contributed by atoms with Crippen LogP contribution in [-0.4, -0.2) is 47.7 Å². The van der Waals surface area contributed by atoms with Gasteiger partial charge in [-0.3, -0.25) is 4.79 Å². The lowest BCUT2D eigenvalue weighted by Gasteiger charge is -2.27. The minimum absolute atomic E-state index is 0.0293. The molecule has 1 aliphatic rings. The van der Waals surface area contributed by atoms with E-state index in [-0.39, 0.29) is 48.7 Å². The van der Waals surface area contributed by atoms with Crippen LogP contribution in [0.2, 0.25) is 0 Å². The minimum atomic E-state index is -4.31. The van der Waals surface area contributed by atoms with Gasteiger partial charge in [-0.25, -0.2) is 22.0 Å². The molecule has 0 saturated heterocycles. The van der Waals surface area contributed by atoms with Gasteiger partial charge in [0.05, 0.1) is 22.8 Å². The second-order valence-electron chi connectivity index (χ2n) is 7.62. The molecule has 10 nitrogen and oxygen atoms in total. The molecule has 0 spiro atoms. The molecule has 13 heteroatoms. The van der Waals surface area contributed by atoms with Gasteiger partial charge in [0.15, 0.2) is 5.82 Å². The molecule has 0 bridgehead atoms. The summed E-state index contributed by atoms with van der Waals surface area (Å²) in [6.07, 6.45) is -0.770. The number of hydrogen-bond acceptors (Lipinski definition) is 7. The molecule has 35 heavy (non-hydrogen) atoms. The topological polar surface area (TPSA) is 137 Å². The molecule has 0 unspecified atom stereocenters. The molecule has 0 saturated carbocycles. The Balaban J connectivity index is 1.72. The Hall–Kier alpha value is -3.84. The van der Waals surface area contributed by atoms with Crippen molar-refractivity contribution in [1.82, 2.24) is 14.1 Å². The van der Waals surface area contributed by atoms with Gasteiger partial charge in [0.1, 0.15) is 11.6 Å². The number of carbonyl (C=O) groups is 2. The molecule has 0 radical (unpaired) electrons. The first-order chi connectivity index (χ1) is 16.6. The van der Waals surface area contributed by atoms with Crippen molar-refractivity contribution in [3.8, 4) is 0 Å². The number of anilines is 2. The van der Waals surface area contributed by atoms with Crippen LogP contribution in [0.4, 0.5) is 25.1 Å². The van der Waals surface area contributed by atoms with E-state index in [1.54, 1.807) is 19.1 Å². The Morgan fingerprint density at radius 2 is 1.86 bits per heavy atom. The van der Waals surface area contributed by atoms with Gasteiger partial charge in [-0.2, -0.15) is 8.99 Å². The van der Waals surface area contributed by atoms with Crippen molar-refractivity contribution >= 4 is 33.5 Å². The van der Waals surface area contributed by atoms with Crippen LogP contribution in [0.3, 0.4) is 0 Å². The van der Waals surface area contributed by atoms with Crippen LogP contribution >= 0.6 is 0 Å². The van der Waals surface area contributed by atoms with Gasteiger partial charge in [0, 0.05) is 36.8 Å². The van der Waals surface area contributed by atoms with Crippen LogP contribution < -0.4 is 11.1 Å². The van der Waals surface area contributed by atoms with Gasteiger partial charge in [-0.1, -0.05) is 12.1 Å². The average molecular weight is 506 g/mol. The summed E-state index contributed by atoms with van der Waals surface area (Å²) in [6.45, 7) is 1.27. The van der Waals surface area contributed by atoms with Crippen LogP contribution in [-0.2, 0) is 27.7 Å². The highest BCUT2D eigenvalue weighted by molar-refractivity contribution is 7.89. The first-order valence-electron chi connectivity index (χ1n) is 10.5. The first-order valence-corrected chi connectivity index (χ1v) is 12.0. The third-order valence-corrected chi connectivity index (χ3v) is 7.20. The fraction of sp³-hybridized carbons (Fsp3) is 0.227. The number of nitrogens with one attached hydrogen (secondary N) is 1. The summed E-state index contributed by atoms with van der Waals surface area (Å²) >= 11 is 0. The molecule has 1 amide bonds. The number of carbonyl (C=O) groups excluding carboxylic acids is 2. The van der Waals surface area contributed by atoms with Gasteiger partial charge in [-0.15, -0.1) is 5.10 Å². The molecule has 0 fully saturated rings. The number of halogens is 2. The number of ether oxygens (including phenoxy) is 1. The molecule has 3 N–H and O–H groups in total. The zero-order valence-corrected chi connectivity index (χ0v) is 19.3. The highest BCUT2D eigenvalue weighted by Crippen LogP contribution is 2.31. The maximum atomic E-state index is 13.7. The zero-order valence-electron chi connectivity index (χ0n) is 18.5. The maximum absolute atomic E-state index is 13.7. The van der Waals surface area contributed by atoms with Gasteiger partial charge >= 0.3 is 6.09 Å². The second kappa shape index (κ2) is 9.43. The molecule has 4 rings (SSSR count). The maximum Gasteiger partial charge on any atom is 0.434 e. The van der Waals surface area contributed by atoms with Crippen molar-refractivity contribution in [2.24, 2.45) is 0 Å². The van der Waals surface area contributed by atoms with Gasteiger partial charge in [0.2, 0.25) is 10.0 Å². The summed E-state index contributed by atoms with van der Waals surface area (Å²) < 4.78 is 60.6. The van der Waals surface area contributed by atoms with E-state index < -0.39 is 38.6 Å². The fourth-order valence-corrected chi connectivity index (χ4v) is 5.19. The quantitative estimate of drug-likeness (QED) is 0.509. The number of fused-ring (bicyclic) bond motifs is 1. The van der Waals surface area contributed by atoms with Crippen molar-refractivity contribution in [2.45, 2.75) is 24.8 Å². The largest absolute Gasteiger partial charge is 0.448 e. The number of para-hydroxylation sites is 1. The van der Waals surface area contributed by atoms with E-state index in [9.17, 15) is 26.8 Å². The number of nitrogens with zero attached hydrogens (tertiary/aromatic N) is 3. The Kier molecular flexibility index (Phi) is 6.54. The number of hydrogen-bond donors (Lipinski definition) is 2. The predicted molar refractivity (Wildman–Crippen MR) is 121 cm³/mol. The molecule has 0 atom stereocenters. The third kappa shape index (κ3) is 4.72. The van der Waals surface area contributed by atoms with E-state index in [0.717, 1.165) is 21.1 Å². The van der Waals surface area contributed by atoms with Gasteiger partial charge in [-0.05, 0) is 31.2 Å². The lowest BCUT2D eigenvalue weighted by Crippen LogP contribution is -2.37. The second-order valence-corrected chi connectivity index (χ2v) is 9.56. The van der Waals surface area contributed by atoms with Crippen LogP contribution in [0.1, 0.15) is 28.5 Å². The first kappa shape index (κ1) is 24.3. The van der Waals surface area contributed by atoms with Crippen molar-refractivity contribution in [2.75, 3.05) is 24.2 Å². The number of nitrogen functional groups attached to an aromatic ring is 1. The number of nitrogens with two attached hydrogens (primary N) is 1. The molecular weight excluding hydrogens is 484 g/mol. The van der Waals surface area contributed by atoms with E-state index in [2.05, 4.69) is 10.4 Å². The van der Waals surface area contributed by atoms with E-state index in [0.29, 0.717) is 11.8 Å². The average Bonchev–Trinajstić information content (AvgIpc) is 3.16. The molecule has 3 aromatic rings. The van der Waals surface area contributed by atoms with Crippen molar-refractivity contribution in [3.63, 3.8) is 0 Å². The molecule has 0 aliphatic carbocycles. The number of rotatable bonds is 5. The summed E-state index contributed by atoms with van der Waals surface area (Å²) in [5, 5.41) is 6.73. The lowest BCUT2D eigenvalue weighted by molar-refractivity contribution is 0.102. The number of amides is 1. The summed E-state index contributed by atoms with van der Waals surface area (Å²) in [6, 6.07) is 8.31. The molecule has 2 aromatic carbocycles. The van der Waals surface area contributed by atoms with Crippen molar-refractivity contribution in [3.05, 3.63) is 70.9 Å². The van der Waals surface area contributed by atoms with Crippen LogP contribution in [0.15, 0.2) is 47.4 Å². The Labute approximate surface area is 199 Å². The van der Waals surface area contributed by atoms with Crippen LogP contribution in [0, 0.1) is 11.6 Å². The highest BCUT2D eigenvalue weighted by Gasteiger charge is 2.35. The summed E-state index contributed by atoms with van der Waals surface area (Å²) in [5.41, 5.74) is 6.82. The Morgan fingerprint density at radius 3 is 2.51 bits per heavy atom. The summed E-state index contributed by atoms with van der Waals surface area (Å²) in [5.74, 6) is -2.76. The highest BCUT2D eigenvalue weighted by atomic mass is 32.2. The third-order valence-electron chi connectivity index (χ3n) is 5.37. The van der Waals surface area contributed by atoms with Crippen molar-refractivity contribution in [1.29, 1.82) is 0 Å². The monoisotopic (exact) mass is 505 g/mol. The molecule has 184 valence electrons. The van der Waals surface area contributed by atoms with Crippen molar-refractivity contribution < 1.29 is 31.5 Å². The molecular formula is C22H21F2N5O5S. The van der Waals surface area contributed by atoms with E-state index in [1.807, 2.05) is 0 Å². The molecule has 1 aliphatic heterocycles. The van der Waals surface area contributed by atoms with Crippen LogP contribution in [0.25, 0.3) is 0 Å². The molecule has 1 aromatic heterocycles. The predicted octanol–water partition coefficient (Wildman–Crippen LogP) is 2.75. The Bertz CT molecular complexity index is 1400. The SMILES string of the molecule is CCOC(=O)n1nc(NC(=O)c2ccccc2N)c2c1CCN(S(=O)(=O)c1cc(F)cc(F)c1)C2. The lowest BCUT2D eigenvalue weighted by atomic mass is 10.1. The number of sulfonamides is 1.